The van der Waals surface area contributed by atoms with Crippen molar-refractivity contribution in [3.63, 3.8) is 0 Å². The Labute approximate surface area is 109 Å². The predicted octanol–water partition coefficient (Wildman–Crippen LogP) is 0.374. The Morgan fingerprint density at radius 3 is 2.94 bits per heavy atom. The van der Waals surface area contributed by atoms with E-state index >= 15 is 0 Å². The van der Waals surface area contributed by atoms with Gasteiger partial charge >= 0.3 is 0 Å². The summed E-state index contributed by atoms with van der Waals surface area (Å²) in [7, 11) is 1.62. The van der Waals surface area contributed by atoms with E-state index in [-0.39, 0.29) is 24.6 Å². The Morgan fingerprint density at radius 2 is 2.28 bits per heavy atom. The molecule has 1 aliphatic rings. The van der Waals surface area contributed by atoms with Crippen LogP contribution < -0.4 is 5.32 Å². The molecular formula is C13H26N2O3. The minimum Gasteiger partial charge on any atom is -0.395 e. The molecule has 1 aliphatic heterocycles. The molecule has 0 aromatic rings. The van der Waals surface area contributed by atoms with Gasteiger partial charge < -0.3 is 15.2 Å². The minimum atomic E-state index is -0.183. The molecule has 2 atom stereocenters. The summed E-state index contributed by atoms with van der Waals surface area (Å²) in [5.74, 6) is 0.0207. The average molecular weight is 258 g/mol. The molecule has 1 rings (SSSR count). The van der Waals surface area contributed by atoms with E-state index < -0.39 is 0 Å². The number of methoxy groups -OCH3 is 1. The molecule has 0 radical (unpaired) electrons. The molecule has 2 N–H and O–H groups in total. The fourth-order valence-electron chi connectivity index (χ4n) is 2.48. The summed E-state index contributed by atoms with van der Waals surface area (Å²) in [5.41, 5.74) is 0. The molecule has 0 aromatic carbocycles. The Balaban J connectivity index is 2.50. The normalized spacial score (nSPS) is 23.4. The highest BCUT2D eigenvalue weighted by molar-refractivity contribution is 5.81. The molecule has 106 valence electrons. The van der Waals surface area contributed by atoms with E-state index in [1.807, 2.05) is 6.92 Å². The van der Waals surface area contributed by atoms with E-state index in [4.69, 9.17) is 4.74 Å². The first-order valence-electron chi connectivity index (χ1n) is 6.84. The number of likely N-dealkylation sites (tertiary alicyclic amines) is 1. The lowest BCUT2D eigenvalue weighted by molar-refractivity contribution is -0.127. The van der Waals surface area contributed by atoms with Gasteiger partial charge in [0.25, 0.3) is 0 Å². The highest BCUT2D eigenvalue weighted by atomic mass is 16.5. The topological polar surface area (TPSA) is 61.8 Å². The molecule has 5 heteroatoms. The van der Waals surface area contributed by atoms with E-state index in [0.29, 0.717) is 13.2 Å². The van der Waals surface area contributed by atoms with Gasteiger partial charge in [-0.05, 0) is 26.3 Å². The second-order valence-corrected chi connectivity index (χ2v) is 4.88. The van der Waals surface area contributed by atoms with Crippen LogP contribution in [0.15, 0.2) is 0 Å². The molecule has 1 saturated heterocycles. The SMILES string of the molecule is COCCNC(=O)C(C)N1CCCCCC1CO. The van der Waals surface area contributed by atoms with Crippen molar-refractivity contribution in [2.75, 3.05) is 33.4 Å². The second-order valence-electron chi connectivity index (χ2n) is 4.88. The minimum absolute atomic E-state index is 0.0207. The summed E-state index contributed by atoms with van der Waals surface area (Å²) in [6.45, 7) is 4.01. The lowest BCUT2D eigenvalue weighted by Gasteiger charge is -2.33. The number of aliphatic hydroxyl groups excluding tert-OH is 1. The van der Waals surface area contributed by atoms with Gasteiger partial charge in [-0.2, -0.15) is 0 Å². The van der Waals surface area contributed by atoms with Gasteiger partial charge in [-0.15, -0.1) is 0 Å². The smallest absolute Gasteiger partial charge is 0.237 e. The van der Waals surface area contributed by atoms with Crippen molar-refractivity contribution >= 4 is 5.91 Å². The van der Waals surface area contributed by atoms with Crippen molar-refractivity contribution in [1.82, 2.24) is 10.2 Å². The third-order valence-corrected chi connectivity index (χ3v) is 3.62. The third-order valence-electron chi connectivity index (χ3n) is 3.62. The second kappa shape index (κ2) is 8.45. The Kier molecular flexibility index (Phi) is 7.23. The molecule has 0 saturated carbocycles. The predicted molar refractivity (Wildman–Crippen MR) is 70.4 cm³/mol. The van der Waals surface area contributed by atoms with Crippen molar-refractivity contribution < 1.29 is 14.6 Å². The van der Waals surface area contributed by atoms with Gasteiger partial charge in [0.05, 0.1) is 19.3 Å². The number of aliphatic hydroxyl groups is 1. The molecule has 2 unspecified atom stereocenters. The first-order valence-corrected chi connectivity index (χ1v) is 6.84. The number of hydrogen-bond donors (Lipinski definition) is 2. The Morgan fingerprint density at radius 1 is 1.50 bits per heavy atom. The van der Waals surface area contributed by atoms with Crippen LogP contribution in [0.1, 0.15) is 32.6 Å². The van der Waals surface area contributed by atoms with Crippen LogP contribution in [0.2, 0.25) is 0 Å². The number of hydrogen-bond acceptors (Lipinski definition) is 4. The summed E-state index contributed by atoms with van der Waals surface area (Å²) >= 11 is 0. The number of ether oxygens (including phenoxy) is 1. The quantitative estimate of drug-likeness (QED) is 0.676. The van der Waals surface area contributed by atoms with Crippen LogP contribution >= 0.6 is 0 Å². The fourth-order valence-corrected chi connectivity index (χ4v) is 2.48. The molecule has 1 heterocycles. The van der Waals surface area contributed by atoms with Crippen molar-refractivity contribution in [3.05, 3.63) is 0 Å². The Bertz CT molecular complexity index is 248. The highest BCUT2D eigenvalue weighted by Gasteiger charge is 2.28. The van der Waals surface area contributed by atoms with Gasteiger partial charge in [-0.1, -0.05) is 12.8 Å². The molecule has 1 amide bonds. The number of rotatable bonds is 6. The van der Waals surface area contributed by atoms with Crippen LogP contribution in [0, 0.1) is 0 Å². The lowest BCUT2D eigenvalue weighted by atomic mass is 10.1. The van der Waals surface area contributed by atoms with Crippen LogP contribution in [-0.2, 0) is 9.53 Å². The third kappa shape index (κ3) is 4.55. The number of carbonyl (C=O) groups excluding carboxylic acids is 1. The molecule has 0 aromatic heterocycles. The molecule has 0 spiro atoms. The molecule has 1 fully saturated rings. The highest BCUT2D eigenvalue weighted by Crippen LogP contribution is 2.18. The van der Waals surface area contributed by atoms with Gasteiger partial charge in [0, 0.05) is 19.7 Å². The van der Waals surface area contributed by atoms with Crippen LogP contribution in [0.4, 0.5) is 0 Å². The first kappa shape index (κ1) is 15.4. The number of nitrogens with zero attached hydrogens (tertiary/aromatic N) is 1. The van der Waals surface area contributed by atoms with E-state index in [1.165, 1.54) is 6.42 Å². The summed E-state index contributed by atoms with van der Waals surface area (Å²) in [5, 5.41) is 12.3. The molecule has 5 nitrogen and oxygen atoms in total. The zero-order valence-electron chi connectivity index (χ0n) is 11.5. The first-order chi connectivity index (χ1) is 8.70. The van der Waals surface area contributed by atoms with Gasteiger partial charge in [-0.25, -0.2) is 0 Å². The van der Waals surface area contributed by atoms with Crippen LogP contribution in [0.3, 0.4) is 0 Å². The summed E-state index contributed by atoms with van der Waals surface area (Å²) in [4.78, 5) is 14.1. The van der Waals surface area contributed by atoms with Crippen LogP contribution in [0.5, 0.6) is 0 Å². The van der Waals surface area contributed by atoms with Crippen molar-refractivity contribution in [2.45, 2.75) is 44.7 Å². The molecule has 0 aliphatic carbocycles. The van der Waals surface area contributed by atoms with E-state index in [9.17, 15) is 9.90 Å². The van der Waals surface area contributed by atoms with Gasteiger partial charge in [-0.3, -0.25) is 9.69 Å². The Hall–Kier alpha value is -0.650. The number of nitrogens with one attached hydrogen (secondary N) is 1. The maximum atomic E-state index is 12.0. The van der Waals surface area contributed by atoms with E-state index in [1.54, 1.807) is 7.11 Å². The summed E-state index contributed by atoms with van der Waals surface area (Å²) in [6.07, 6.45) is 4.41. The van der Waals surface area contributed by atoms with E-state index in [0.717, 1.165) is 25.8 Å². The fraction of sp³-hybridized carbons (Fsp3) is 0.923. The van der Waals surface area contributed by atoms with Crippen LogP contribution in [0.25, 0.3) is 0 Å². The molecule has 0 bridgehead atoms. The van der Waals surface area contributed by atoms with Gasteiger partial charge in [0.15, 0.2) is 0 Å². The largest absolute Gasteiger partial charge is 0.395 e. The molecular weight excluding hydrogens is 232 g/mol. The zero-order valence-corrected chi connectivity index (χ0v) is 11.5. The van der Waals surface area contributed by atoms with Crippen molar-refractivity contribution in [3.8, 4) is 0 Å². The van der Waals surface area contributed by atoms with Crippen LogP contribution in [-0.4, -0.2) is 61.4 Å². The number of carbonyl (C=O) groups is 1. The van der Waals surface area contributed by atoms with Gasteiger partial charge in [0.1, 0.15) is 0 Å². The standard InChI is InChI=1S/C13H26N2O3/c1-11(13(17)14-7-9-18-2)15-8-5-3-4-6-12(15)10-16/h11-12,16H,3-10H2,1-2H3,(H,14,17). The summed E-state index contributed by atoms with van der Waals surface area (Å²) in [6, 6.07) is -0.0622. The van der Waals surface area contributed by atoms with Crippen molar-refractivity contribution in [2.24, 2.45) is 0 Å². The monoisotopic (exact) mass is 258 g/mol. The lowest BCUT2D eigenvalue weighted by Crippen LogP contribution is -2.51. The maximum Gasteiger partial charge on any atom is 0.237 e. The van der Waals surface area contributed by atoms with Gasteiger partial charge in [0.2, 0.25) is 5.91 Å². The zero-order chi connectivity index (χ0) is 13.4. The van der Waals surface area contributed by atoms with Crippen molar-refractivity contribution in [1.29, 1.82) is 0 Å². The maximum absolute atomic E-state index is 12.0. The molecule has 18 heavy (non-hydrogen) atoms. The average Bonchev–Trinajstić information content (AvgIpc) is 2.62. The summed E-state index contributed by atoms with van der Waals surface area (Å²) < 4.78 is 4.91. The number of amides is 1. The van der Waals surface area contributed by atoms with E-state index in [2.05, 4.69) is 10.2 Å².